The molecule has 88 valence electrons. The van der Waals surface area contributed by atoms with Gasteiger partial charge in [0.15, 0.2) is 0 Å². The zero-order valence-corrected chi connectivity index (χ0v) is 9.24. The molecule has 0 aromatic heterocycles. The van der Waals surface area contributed by atoms with Crippen LogP contribution in [0.5, 0.6) is 0 Å². The normalized spacial score (nSPS) is 17.1. The molecule has 2 amide bonds. The molecular formula is C8H18N4O3. The Balaban J connectivity index is 2.45. The van der Waals surface area contributed by atoms with Gasteiger partial charge in [0.2, 0.25) is 0 Å². The maximum absolute atomic E-state index is 11.4. The van der Waals surface area contributed by atoms with Crippen LogP contribution in [0.2, 0.25) is 0 Å². The monoisotopic (exact) mass is 218 g/mol. The first-order chi connectivity index (χ1) is 6.94. The summed E-state index contributed by atoms with van der Waals surface area (Å²) in [7, 11) is 0. The van der Waals surface area contributed by atoms with Crippen molar-refractivity contribution in [1.29, 1.82) is 0 Å². The molecule has 0 spiro atoms. The lowest BCUT2D eigenvalue weighted by molar-refractivity contribution is -0.180. The maximum Gasteiger partial charge on any atom is 0.348 e. The van der Waals surface area contributed by atoms with E-state index in [1.165, 1.54) is 5.01 Å². The van der Waals surface area contributed by atoms with Gasteiger partial charge in [0.25, 0.3) is 0 Å². The van der Waals surface area contributed by atoms with Gasteiger partial charge in [-0.05, 0) is 20.8 Å². The first-order valence-electron chi connectivity index (χ1n) is 4.75. The van der Waals surface area contributed by atoms with E-state index < -0.39 is 11.6 Å². The molecule has 4 N–H and O–H groups in total. The molecule has 7 heteroatoms. The molecular weight excluding hydrogens is 200 g/mol. The number of nitrogens with two attached hydrogens (primary N) is 1. The Hall–Kier alpha value is -0.890. The van der Waals surface area contributed by atoms with E-state index in [9.17, 15) is 4.79 Å². The highest BCUT2D eigenvalue weighted by molar-refractivity contribution is 5.73. The first-order valence-corrected chi connectivity index (χ1v) is 4.75. The molecule has 15 heavy (non-hydrogen) atoms. The Bertz CT molecular complexity index is 224. The van der Waals surface area contributed by atoms with Crippen molar-refractivity contribution in [2.75, 3.05) is 13.2 Å². The molecule has 0 saturated carbocycles. The number of amides is 2. The highest BCUT2D eigenvalue weighted by atomic mass is 16.7. The summed E-state index contributed by atoms with van der Waals surface area (Å²) < 4.78 is 4.98. The fraction of sp³-hybridized carbons (Fsp3) is 0.875. The fourth-order valence-electron chi connectivity index (χ4n) is 0.910. The second-order valence-electron chi connectivity index (χ2n) is 4.32. The third kappa shape index (κ3) is 3.63. The lowest BCUT2D eigenvalue weighted by Crippen LogP contribution is -2.62. The van der Waals surface area contributed by atoms with Crippen molar-refractivity contribution in [3.63, 3.8) is 0 Å². The fourth-order valence-corrected chi connectivity index (χ4v) is 0.910. The van der Waals surface area contributed by atoms with Gasteiger partial charge < -0.3 is 4.74 Å². The number of nitrogens with zero attached hydrogens (tertiary/aromatic N) is 1. The number of urea groups is 1. The van der Waals surface area contributed by atoms with E-state index >= 15 is 0 Å². The predicted molar refractivity (Wildman–Crippen MR) is 53.1 cm³/mol. The third-order valence-corrected chi connectivity index (χ3v) is 1.78. The van der Waals surface area contributed by atoms with Crippen molar-refractivity contribution in [3.8, 4) is 0 Å². The summed E-state index contributed by atoms with van der Waals surface area (Å²) in [5.74, 6) is 5.05. The molecule has 1 aliphatic rings. The van der Waals surface area contributed by atoms with Crippen molar-refractivity contribution in [2.24, 2.45) is 5.84 Å². The summed E-state index contributed by atoms with van der Waals surface area (Å²) in [6.07, 6.45) is 0. The molecule has 1 saturated heterocycles. The van der Waals surface area contributed by atoms with Crippen LogP contribution in [0.1, 0.15) is 20.8 Å². The summed E-state index contributed by atoms with van der Waals surface area (Å²) in [6, 6.07) is -0.497. The van der Waals surface area contributed by atoms with Crippen LogP contribution in [0.3, 0.4) is 0 Å². The topological polar surface area (TPSA) is 88.9 Å². The van der Waals surface area contributed by atoms with Crippen molar-refractivity contribution in [2.45, 2.75) is 32.4 Å². The molecule has 0 aromatic carbocycles. The molecule has 1 aliphatic heterocycles. The number of rotatable bonds is 3. The van der Waals surface area contributed by atoms with Crippen molar-refractivity contribution in [3.05, 3.63) is 0 Å². The number of ether oxygens (including phenoxy) is 1. The van der Waals surface area contributed by atoms with Gasteiger partial charge in [0, 0.05) is 0 Å². The van der Waals surface area contributed by atoms with E-state index in [1.807, 2.05) is 26.2 Å². The minimum Gasteiger partial charge on any atom is -0.377 e. The SMILES string of the molecule is CC(C)(C)ONN(C(=O)NN)C1COC1. The lowest BCUT2D eigenvalue weighted by Gasteiger charge is -2.37. The van der Waals surface area contributed by atoms with Gasteiger partial charge >= 0.3 is 6.03 Å². The highest BCUT2D eigenvalue weighted by Crippen LogP contribution is 2.10. The third-order valence-electron chi connectivity index (χ3n) is 1.78. The van der Waals surface area contributed by atoms with Crippen molar-refractivity contribution >= 4 is 6.03 Å². The van der Waals surface area contributed by atoms with Crippen LogP contribution in [0, 0.1) is 0 Å². The molecule has 0 unspecified atom stereocenters. The smallest absolute Gasteiger partial charge is 0.348 e. The van der Waals surface area contributed by atoms with E-state index in [4.69, 9.17) is 15.4 Å². The Morgan fingerprint density at radius 3 is 2.47 bits per heavy atom. The van der Waals surface area contributed by atoms with Gasteiger partial charge in [-0.1, -0.05) is 0 Å². The first kappa shape index (κ1) is 12.2. The van der Waals surface area contributed by atoms with Gasteiger partial charge in [-0.25, -0.2) is 15.6 Å². The second kappa shape index (κ2) is 4.75. The minimum absolute atomic E-state index is 0.0455. The van der Waals surface area contributed by atoms with Gasteiger partial charge in [-0.2, -0.15) is 0 Å². The lowest BCUT2D eigenvalue weighted by atomic mass is 10.2. The average molecular weight is 218 g/mol. The van der Waals surface area contributed by atoms with Gasteiger partial charge in [0.05, 0.1) is 24.9 Å². The van der Waals surface area contributed by atoms with E-state index in [0.717, 1.165) is 0 Å². The molecule has 0 aromatic rings. The Morgan fingerprint density at radius 1 is 1.53 bits per heavy atom. The zero-order valence-electron chi connectivity index (χ0n) is 9.24. The summed E-state index contributed by atoms with van der Waals surface area (Å²) in [5, 5.41) is 1.29. The number of hydrazine groups is 2. The highest BCUT2D eigenvalue weighted by Gasteiger charge is 2.31. The van der Waals surface area contributed by atoms with E-state index in [1.54, 1.807) is 0 Å². The Kier molecular flexibility index (Phi) is 3.86. The molecule has 0 radical (unpaired) electrons. The second-order valence-corrected chi connectivity index (χ2v) is 4.32. The molecule has 1 heterocycles. The minimum atomic E-state index is -0.451. The zero-order chi connectivity index (χ0) is 11.5. The van der Waals surface area contributed by atoms with E-state index in [-0.39, 0.29) is 6.04 Å². The summed E-state index contributed by atoms with van der Waals surface area (Å²) in [4.78, 5) is 16.6. The Morgan fingerprint density at radius 2 is 2.13 bits per heavy atom. The number of carbonyl (C=O) groups excluding carboxylic acids is 1. The van der Waals surface area contributed by atoms with Crippen LogP contribution in [-0.2, 0) is 9.57 Å². The average Bonchev–Trinajstić information content (AvgIpc) is 2.06. The van der Waals surface area contributed by atoms with Gasteiger partial charge in [-0.3, -0.25) is 10.3 Å². The van der Waals surface area contributed by atoms with Crippen LogP contribution >= 0.6 is 0 Å². The van der Waals surface area contributed by atoms with E-state index in [0.29, 0.717) is 13.2 Å². The number of hydrogen-bond donors (Lipinski definition) is 3. The van der Waals surface area contributed by atoms with Crippen LogP contribution < -0.4 is 16.9 Å². The van der Waals surface area contributed by atoms with Crippen molar-refractivity contribution < 1.29 is 14.4 Å². The summed E-state index contributed by atoms with van der Waals surface area (Å²) in [5.41, 5.74) is 4.22. The maximum atomic E-state index is 11.4. The summed E-state index contributed by atoms with van der Waals surface area (Å²) >= 11 is 0. The molecule has 1 fully saturated rings. The van der Waals surface area contributed by atoms with Crippen LogP contribution in [0.15, 0.2) is 0 Å². The molecule has 0 aliphatic carbocycles. The number of nitrogens with one attached hydrogen (secondary N) is 2. The van der Waals surface area contributed by atoms with Crippen LogP contribution in [-0.4, -0.2) is 35.9 Å². The quantitative estimate of drug-likeness (QED) is 0.338. The number of carbonyl (C=O) groups is 1. The predicted octanol–water partition coefficient (Wildman–Crippen LogP) is -0.495. The molecule has 0 bridgehead atoms. The molecule has 7 nitrogen and oxygen atoms in total. The molecule has 0 atom stereocenters. The van der Waals surface area contributed by atoms with E-state index in [2.05, 4.69) is 5.59 Å². The Labute approximate surface area is 88.8 Å². The van der Waals surface area contributed by atoms with Crippen LogP contribution in [0.25, 0.3) is 0 Å². The summed E-state index contributed by atoms with van der Waals surface area (Å²) in [6.45, 7) is 6.57. The van der Waals surface area contributed by atoms with Gasteiger partial charge in [0.1, 0.15) is 0 Å². The van der Waals surface area contributed by atoms with Gasteiger partial charge in [-0.15, -0.1) is 5.59 Å². The standard InChI is InChI=1S/C8H18N4O3/c1-8(2,3)15-11-12(7(13)10-9)6-4-14-5-6/h6,11H,4-5,9H2,1-3H3,(H,10,13). The number of hydrogen-bond acceptors (Lipinski definition) is 5. The van der Waals surface area contributed by atoms with Crippen molar-refractivity contribution in [1.82, 2.24) is 16.0 Å². The largest absolute Gasteiger partial charge is 0.377 e. The molecule has 1 rings (SSSR count). The van der Waals surface area contributed by atoms with Crippen LogP contribution in [0.4, 0.5) is 4.79 Å².